The lowest BCUT2D eigenvalue weighted by Crippen LogP contribution is -2.49. The Labute approximate surface area is 134 Å². The Bertz CT molecular complexity index is 690. The highest BCUT2D eigenvalue weighted by molar-refractivity contribution is 5.91. The summed E-state index contributed by atoms with van der Waals surface area (Å²) in [5, 5.41) is 4.20. The highest BCUT2D eigenvalue weighted by atomic mass is 16.5. The second-order valence-corrected chi connectivity index (χ2v) is 6.87. The minimum Gasteiger partial charge on any atom is -0.459 e. The van der Waals surface area contributed by atoms with Crippen LogP contribution in [0.5, 0.6) is 0 Å². The Morgan fingerprint density at radius 2 is 2.35 bits per heavy atom. The Morgan fingerprint density at radius 1 is 1.48 bits per heavy atom. The van der Waals surface area contributed by atoms with Gasteiger partial charge in [-0.3, -0.25) is 4.79 Å². The molecular weight excluding hydrogens is 294 g/mol. The summed E-state index contributed by atoms with van der Waals surface area (Å²) in [6.45, 7) is 3.21. The van der Waals surface area contributed by atoms with Gasteiger partial charge in [0.1, 0.15) is 0 Å². The minimum atomic E-state index is -0.181. The van der Waals surface area contributed by atoms with Gasteiger partial charge in [-0.1, -0.05) is 18.0 Å². The predicted octanol–water partition coefficient (Wildman–Crippen LogP) is 2.95. The van der Waals surface area contributed by atoms with Crippen LogP contribution in [-0.2, 0) is 5.41 Å². The SMILES string of the molecule is Cc1nc(C2(CC3CC3)CCCN(C(=O)c3ccco3)C2)no1. The van der Waals surface area contributed by atoms with Crippen LogP contribution in [0.4, 0.5) is 0 Å². The topological polar surface area (TPSA) is 72.4 Å². The molecule has 1 amide bonds. The van der Waals surface area contributed by atoms with Crippen molar-refractivity contribution in [1.29, 1.82) is 0 Å². The molecule has 0 bridgehead atoms. The van der Waals surface area contributed by atoms with Crippen molar-refractivity contribution in [3.05, 3.63) is 35.9 Å². The average molecular weight is 315 g/mol. The predicted molar refractivity (Wildman–Crippen MR) is 81.9 cm³/mol. The zero-order valence-corrected chi connectivity index (χ0v) is 13.3. The van der Waals surface area contributed by atoms with Crippen molar-refractivity contribution in [3.63, 3.8) is 0 Å². The van der Waals surface area contributed by atoms with E-state index in [4.69, 9.17) is 8.94 Å². The van der Waals surface area contributed by atoms with Gasteiger partial charge < -0.3 is 13.8 Å². The molecule has 1 aliphatic heterocycles. The van der Waals surface area contributed by atoms with Crippen molar-refractivity contribution < 1.29 is 13.7 Å². The minimum absolute atomic E-state index is 0.0462. The fourth-order valence-electron chi connectivity index (χ4n) is 3.69. The third kappa shape index (κ3) is 2.78. The maximum atomic E-state index is 12.7. The Morgan fingerprint density at radius 3 is 3.00 bits per heavy atom. The van der Waals surface area contributed by atoms with Crippen LogP contribution < -0.4 is 0 Å². The molecular formula is C17H21N3O3. The van der Waals surface area contributed by atoms with Gasteiger partial charge in [-0.05, 0) is 37.3 Å². The van der Waals surface area contributed by atoms with Gasteiger partial charge in [0.25, 0.3) is 5.91 Å². The van der Waals surface area contributed by atoms with Crippen molar-refractivity contribution in [2.24, 2.45) is 5.92 Å². The standard InChI is InChI=1S/C17H21N3O3/c1-12-18-16(19-23-12)17(10-13-5-6-13)7-3-8-20(11-17)15(21)14-4-2-9-22-14/h2,4,9,13H,3,5-8,10-11H2,1H3. The number of rotatable bonds is 4. The van der Waals surface area contributed by atoms with E-state index >= 15 is 0 Å². The molecule has 1 atom stereocenters. The first kappa shape index (κ1) is 14.5. The van der Waals surface area contributed by atoms with Gasteiger partial charge in [-0.15, -0.1) is 0 Å². The highest BCUT2D eigenvalue weighted by Gasteiger charge is 2.45. The Hall–Kier alpha value is -2.11. The average Bonchev–Trinajstić information content (AvgIpc) is 3.04. The first-order valence-electron chi connectivity index (χ1n) is 8.30. The molecule has 2 aliphatic rings. The molecule has 122 valence electrons. The van der Waals surface area contributed by atoms with Crippen LogP contribution in [0.25, 0.3) is 0 Å². The lowest BCUT2D eigenvalue weighted by atomic mass is 9.74. The number of hydrogen-bond donors (Lipinski definition) is 0. The summed E-state index contributed by atoms with van der Waals surface area (Å²) >= 11 is 0. The number of likely N-dealkylation sites (tertiary alicyclic amines) is 1. The summed E-state index contributed by atoms with van der Waals surface area (Å²) in [6, 6.07) is 3.47. The number of amides is 1. The van der Waals surface area contributed by atoms with Crippen LogP contribution in [0, 0.1) is 12.8 Å². The van der Waals surface area contributed by atoms with Gasteiger partial charge in [0.2, 0.25) is 5.89 Å². The van der Waals surface area contributed by atoms with Crippen LogP contribution in [0.1, 0.15) is 54.4 Å². The lowest BCUT2D eigenvalue weighted by molar-refractivity contribution is 0.0576. The summed E-state index contributed by atoms with van der Waals surface area (Å²) in [7, 11) is 0. The van der Waals surface area contributed by atoms with Crippen molar-refractivity contribution in [2.45, 2.75) is 44.4 Å². The normalized spacial score (nSPS) is 24.8. The van der Waals surface area contributed by atoms with Crippen LogP contribution >= 0.6 is 0 Å². The van der Waals surface area contributed by atoms with E-state index in [9.17, 15) is 4.79 Å². The smallest absolute Gasteiger partial charge is 0.289 e. The molecule has 2 aromatic rings. The van der Waals surface area contributed by atoms with E-state index in [0.717, 1.165) is 37.5 Å². The first-order chi connectivity index (χ1) is 11.2. The molecule has 0 N–H and O–H groups in total. The van der Waals surface area contributed by atoms with E-state index in [2.05, 4.69) is 10.1 Å². The van der Waals surface area contributed by atoms with E-state index in [1.54, 1.807) is 12.1 Å². The van der Waals surface area contributed by atoms with E-state index < -0.39 is 0 Å². The first-order valence-corrected chi connectivity index (χ1v) is 8.30. The van der Waals surface area contributed by atoms with Crippen LogP contribution in [0.3, 0.4) is 0 Å². The molecule has 4 rings (SSSR count). The Balaban J connectivity index is 1.61. The zero-order chi connectivity index (χ0) is 15.9. The molecule has 1 aliphatic carbocycles. The number of carbonyl (C=O) groups excluding carboxylic acids is 1. The molecule has 2 fully saturated rings. The molecule has 6 nitrogen and oxygen atoms in total. The fraction of sp³-hybridized carbons (Fsp3) is 0.588. The van der Waals surface area contributed by atoms with Crippen molar-refractivity contribution in [3.8, 4) is 0 Å². The van der Waals surface area contributed by atoms with E-state index in [1.807, 2.05) is 11.8 Å². The quantitative estimate of drug-likeness (QED) is 0.867. The van der Waals surface area contributed by atoms with Crippen LogP contribution in [0.15, 0.2) is 27.3 Å². The molecule has 1 saturated heterocycles. The molecule has 0 aromatic carbocycles. The maximum absolute atomic E-state index is 12.7. The highest BCUT2D eigenvalue weighted by Crippen LogP contribution is 2.45. The summed E-state index contributed by atoms with van der Waals surface area (Å²) in [5.41, 5.74) is -0.181. The fourth-order valence-corrected chi connectivity index (χ4v) is 3.69. The molecule has 0 spiro atoms. The van der Waals surface area contributed by atoms with Gasteiger partial charge in [-0.25, -0.2) is 0 Å². The third-order valence-electron chi connectivity index (χ3n) is 4.97. The summed E-state index contributed by atoms with van der Waals surface area (Å²) in [6.07, 6.45) is 7.07. The third-order valence-corrected chi connectivity index (χ3v) is 4.97. The van der Waals surface area contributed by atoms with E-state index in [-0.39, 0.29) is 11.3 Å². The van der Waals surface area contributed by atoms with Gasteiger partial charge in [0, 0.05) is 20.0 Å². The molecule has 3 heterocycles. The molecule has 6 heteroatoms. The van der Waals surface area contributed by atoms with E-state index in [0.29, 0.717) is 18.2 Å². The zero-order valence-electron chi connectivity index (χ0n) is 13.3. The number of hydrogen-bond acceptors (Lipinski definition) is 5. The van der Waals surface area contributed by atoms with Gasteiger partial charge in [0.15, 0.2) is 11.6 Å². The molecule has 1 unspecified atom stereocenters. The van der Waals surface area contributed by atoms with Gasteiger partial charge >= 0.3 is 0 Å². The lowest BCUT2D eigenvalue weighted by Gasteiger charge is -2.40. The summed E-state index contributed by atoms with van der Waals surface area (Å²) in [4.78, 5) is 19.0. The monoisotopic (exact) mass is 315 g/mol. The number of furan rings is 1. The number of nitrogens with zero attached hydrogens (tertiary/aromatic N) is 3. The molecule has 2 aromatic heterocycles. The number of carbonyl (C=O) groups is 1. The maximum Gasteiger partial charge on any atom is 0.289 e. The molecule has 1 saturated carbocycles. The summed E-state index contributed by atoms with van der Waals surface area (Å²) in [5.74, 6) is 2.43. The van der Waals surface area contributed by atoms with Crippen LogP contribution in [0.2, 0.25) is 0 Å². The molecule has 23 heavy (non-hydrogen) atoms. The van der Waals surface area contributed by atoms with Crippen LogP contribution in [-0.4, -0.2) is 34.0 Å². The second-order valence-electron chi connectivity index (χ2n) is 6.87. The number of aryl methyl sites for hydroxylation is 1. The van der Waals surface area contributed by atoms with E-state index in [1.165, 1.54) is 19.1 Å². The van der Waals surface area contributed by atoms with Crippen molar-refractivity contribution in [2.75, 3.05) is 13.1 Å². The Kier molecular flexibility index (Phi) is 3.47. The van der Waals surface area contributed by atoms with Crippen molar-refractivity contribution in [1.82, 2.24) is 15.0 Å². The van der Waals surface area contributed by atoms with Gasteiger partial charge in [0.05, 0.1) is 11.7 Å². The molecule has 0 radical (unpaired) electrons. The van der Waals surface area contributed by atoms with Crippen molar-refractivity contribution >= 4 is 5.91 Å². The number of aromatic nitrogens is 2. The second kappa shape index (κ2) is 5.51. The largest absolute Gasteiger partial charge is 0.459 e. The summed E-state index contributed by atoms with van der Waals surface area (Å²) < 4.78 is 10.5. The number of piperidine rings is 1. The van der Waals surface area contributed by atoms with Gasteiger partial charge in [-0.2, -0.15) is 4.98 Å².